The summed E-state index contributed by atoms with van der Waals surface area (Å²) in [6.07, 6.45) is 0. The number of carboxylic acid groups (broad SMARTS) is 1. The summed E-state index contributed by atoms with van der Waals surface area (Å²) < 4.78 is 0. The van der Waals surface area contributed by atoms with Crippen LogP contribution in [0.1, 0.15) is 10.4 Å². The second kappa shape index (κ2) is 5.01. The molecule has 0 bridgehead atoms. The predicted molar refractivity (Wildman–Crippen MR) is 68.5 cm³/mol. The molecule has 1 aromatic heterocycles. The number of rotatable bonds is 3. The summed E-state index contributed by atoms with van der Waals surface area (Å²) in [6, 6.07) is 9.88. The van der Waals surface area contributed by atoms with Gasteiger partial charge >= 0.3 is 5.97 Å². The van der Waals surface area contributed by atoms with E-state index in [9.17, 15) is 4.79 Å². The maximum atomic E-state index is 10.7. The van der Waals surface area contributed by atoms with Crippen LogP contribution in [0.25, 0.3) is 0 Å². The molecule has 0 saturated heterocycles. The van der Waals surface area contributed by atoms with Crippen molar-refractivity contribution < 1.29 is 9.90 Å². The van der Waals surface area contributed by atoms with Gasteiger partial charge in [0.05, 0.1) is 5.56 Å². The Hall–Kier alpha value is -2.14. The minimum Gasteiger partial charge on any atom is -0.478 e. The zero-order valence-corrected chi connectivity index (χ0v) is 10.3. The van der Waals surface area contributed by atoms with Crippen LogP contribution in [0, 0.1) is 0 Å². The highest BCUT2D eigenvalue weighted by atomic mass is 35.5. The fourth-order valence-corrected chi connectivity index (χ4v) is 1.55. The van der Waals surface area contributed by atoms with Gasteiger partial charge in [-0.1, -0.05) is 11.6 Å². The molecule has 0 radical (unpaired) electrons. The van der Waals surface area contributed by atoms with Crippen molar-refractivity contribution in [3.63, 3.8) is 0 Å². The van der Waals surface area contributed by atoms with Gasteiger partial charge in [-0.2, -0.15) is 0 Å². The lowest BCUT2D eigenvalue weighted by molar-refractivity contribution is 0.0697. The number of hydrogen-bond acceptors (Lipinski definition) is 4. The molecule has 0 aliphatic rings. The van der Waals surface area contributed by atoms with Gasteiger partial charge in [0.15, 0.2) is 11.0 Å². The van der Waals surface area contributed by atoms with Crippen LogP contribution in [0.4, 0.5) is 11.5 Å². The van der Waals surface area contributed by atoms with Crippen molar-refractivity contribution in [1.29, 1.82) is 0 Å². The maximum absolute atomic E-state index is 10.7. The first kappa shape index (κ1) is 12.3. The predicted octanol–water partition coefficient (Wildman–Crippen LogP) is 2.60. The van der Waals surface area contributed by atoms with Crippen LogP contribution in [0.15, 0.2) is 36.4 Å². The molecule has 0 aliphatic carbocycles. The molecule has 0 aliphatic heterocycles. The highest BCUT2D eigenvalue weighted by Crippen LogP contribution is 2.21. The normalized spacial score (nSPS) is 10.1. The number of carboxylic acids is 1. The lowest BCUT2D eigenvalue weighted by Gasteiger charge is -2.17. The Morgan fingerprint density at radius 2 is 1.83 bits per heavy atom. The smallest absolute Gasteiger partial charge is 0.335 e. The third-order valence-electron chi connectivity index (χ3n) is 2.46. The number of halogens is 1. The second-order valence-corrected chi connectivity index (χ2v) is 4.01. The van der Waals surface area contributed by atoms with Gasteiger partial charge in [0.1, 0.15) is 0 Å². The molecule has 5 nitrogen and oxygen atoms in total. The fraction of sp³-hybridized carbons (Fsp3) is 0.0833. The van der Waals surface area contributed by atoms with Crippen molar-refractivity contribution >= 4 is 29.1 Å². The molecule has 0 saturated carbocycles. The van der Waals surface area contributed by atoms with Crippen LogP contribution in [0.5, 0.6) is 0 Å². The van der Waals surface area contributed by atoms with Crippen LogP contribution < -0.4 is 4.90 Å². The van der Waals surface area contributed by atoms with E-state index >= 15 is 0 Å². The number of carbonyl (C=O) groups is 1. The molecule has 0 atom stereocenters. The summed E-state index contributed by atoms with van der Waals surface area (Å²) >= 11 is 5.66. The molecule has 0 unspecified atom stereocenters. The van der Waals surface area contributed by atoms with Crippen LogP contribution in [0.3, 0.4) is 0 Å². The number of aromatic nitrogens is 2. The van der Waals surface area contributed by atoms with E-state index in [2.05, 4.69) is 10.2 Å². The second-order valence-electron chi connectivity index (χ2n) is 3.63. The molecule has 1 N–H and O–H groups in total. The monoisotopic (exact) mass is 263 g/mol. The minimum absolute atomic E-state index is 0.245. The topological polar surface area (TPSA) is 66.3 Å². The standard InChI is InChI=1S/C12H10ClN3O2/c1-16(11-7-6-10(13)14-15-11)9-4-2-8(3-5-9)12(17)18/h2-7H,1H3,(H,17,18). The molecule has 0 spiro atoms. The summed E-state index contributed by atoms with van der Waals surface area (Å²) in [5.74, 6) is -0.321. The summed E-state index contributed by atoms with van der Waals surface area (Å²) in [7, 11) is 1.81. The highest BCUT2D eigenvalue weighted by Gasteiger charge is 2.07. The average molecular weight is 264 g/mol. The summed E-state index contributed by atoms with van der Waals surface area (Å²) in [6.45, 7) is 0. The first-order valence-electron chi connectivity index (χ1n) is 5.14. The highest BCUT2D eigenvalue weighted by molar-refractivity contribution is 6.29. The first-order chi connectivity index (χ1) is 8.58. The van der Waals surface area contributed by atoms with Gasteiger partial charge in [0, 0.05) is 12.7 Å². The largest absolute Gasteiger partial charge is 0.478 e. The van der Waals surface area contributed by atoms with E-state index in [0.29, 0.717) is 11.0 Å². The molecule has 0 amide bonds. The zero-order valence-electron chi connectivity index (χ0n) is 9.54. The zero-order chi connectivity index (χ0) is 13.1. The van der Waals surface area contributed by atoms with Crippen molar-refractivity contribution in [1.82, 2.24) is 10.2 Å². The number of nitrogens with zero attached hydrogens (tertiary/aromatic N) is 3. The van der Waals surface area contributed by atoms with Crippen molar-refractivity contribution in [3.8, 4) is 0 Å². The first-order valence-corrected chi connectivity index (χ1v) is 5.52. The van der Waals surface area contributed by atoms with Gasteiger partial charge in [-0.15, -0.1) is 10.2 Å². The van der Waals surface area contributed by atoms with E-state index in [1.165, 1.54) is 12.1 Å². The number of benzene rings is 1. The van der Waals surface area contributed by atoms with Gasteiger partial charge in [-0.3, -0.25) is 0 Å². The van der Waals surface area contributed by atoms with Gasteiger partial charge < -0.3 is 10.0 Å². The van der Waals surface area contributed by atoms with Crippen LogP contribution in [-0.4, -0.2) is 28.3 Å². The molecule has 1 aromatic carbocycles. The average Bonchev–Trinajstić information content (AvgIpc) is 2.39. The Kier molecular flexibility index (Phi) is 3.43. The molecule has 1 heterocycles. The number of aromatic carboxylic acids is 1. The molecule has 6 heteroatoms. The van der Waals surface area contributed by atoms with E-state index < -0.39 is 5.97 Å². The quantitative estimate of drug-likeness (QED) is 0.922. The number of hydrogen-bond donors (Lipinski definition) is 1. The molecule has 2 rings (SSSR count). The van der Waals surface area contributed by atoms with Gasteiger partial charge in [-0.05, 0) is 36.4 Å². The van der Waals surface area contributed by atoms with E-state index in [-0.39, 0.29) is 5.56 Å². The van der Waals surface area contributed by atoms with Crippen LogP contribution >= 0.6 is 11.6 Å². The van der Waals surface area contributed by atoms with Crippen molar-refractivity contribution in [2.24, 2.45) is 0 Å². The summed E-state index contributed by atoms with van der Waals surface area (Å²) in [5, 5.41) is 16.8. The van der Waals surface area contributed by atoms with Crippen molar-refractivity contribution in [2.75, 3.05) is 11.9 Å². The van der Waals surface area contributed by atoms with Crippen LogP contribution in [0.2, 0.25) is 5.15 Å². The number of anilines is 2. The Morgan fingerprint density at radius 3 is 2.33 bits per heavy atom. The Balaban J connectivity index is 2.25. The minimum atomic E-state index is -0.949. The third kappa shape index (κ3) is 2.57. The van der Waals surface area contributed by atoms with E-state index in [1.807, 2.05) is 7.05 Å². The Labute approximate surface area is 109 Å². The molecular weight excluding hydrogens is 254 g/mol. The third-order valence-corrected chi connectivity index (χ3v) is 2.66. The van der Waals surface area contributed by atoms with Crippen LogP contribution in [-0.2, 0) is 0 Å². The molecule has 18 heavy (non-hydrogen) atoms. The summed E-state index contributed by atoms with van der Waals surface area (Å²) in [5.41, 5.74) is 1.06. The van der Waals surface area contributed by atoms with Gasteiger partial charge in [-0.25, -0.2) is 4.79 Å². The lowest BCUT2D eigenvalue weighted by Crippen LogP contribution is -2.11. The summed E-state index contributed by atoms with van der Waals surface area (Å²) in [4.78, 5) is 12.5. The van der Waals surface area contributed by atoms with E-state index in [1.54, 1.807) is 29.2 Å². The van der Waals surface area contributed by atoms with Gasteiger partial charge in [0.25, 0.3) is 0 Å². The molecular formula is C12H10ClN3O2. The van der Waals surface area contributed by atoms with Gasteiger partial charge in [0.2, 0.25) is 0 Å². The lowest BCUT2D eigenvalue weighted by atomic mass is 10.2. The van der Waals surface area contributed by atoms with Crippen molar-refractivity contribution in [3.05, 3.63) is 47.1 Å². The van der Waals surface area contributed by atoms with Crippen molar-refractivity contribution in [2.45, 2.75) is 0 Å². The van der Waals surface area contributed by atoms with E-state index in [4.69, 9.17) is 16.7 Å². The molecule has 92 valence electrons. The maximum Gasteiger partial charge on any atom is 0.335 e. The Morgan fingerprint density at radius 1 is 1.17 bits per heavy atom. The molecule has 0 fully saturated rings. The van der Waals surface area contributed by atoms with E-state index in [0.717, 1.165) is 5.69 Å². The fourth-order valence-electron chi connectivity index (χ4n) is 1.45. The molecule has 2 aromatic rings. The SMILES string of the molecule is CN(c1ccc(C(=O)O)cc1)c1ccc(Cl)nn1. The Bertz CT molecular complexity index is 555.